The Morgan fingerprint density at radius 1 is 1.21 bits per heavy atom. The topological polar surface area (TPSA) is 16.4 Å². The van der Waals surface area contributed by atoms with E-state index in [1.54, 1.807) is 6.26 Å². The van der Waals surface area contributed by atoms with Crippen LogP contribution in [0.15, 0.2) is 33.4 Å². The third-order valence-electron chi connectivity index (χ3n) is 2.97. The molecule has 0 N–H and O–H groups in total. The molecule has 1 aromatic carbocycles. The first-order valence-corrected chi connectivity index (χ1v) is 6.62. The van der Waals surface area contributed by atoms with Gasteiger partial charge in [-0.05, 0) is 48.1 Å². The fourth-order valence-electron chi connectivity index (χ4n) is 1.91. The van der Waals surface area contributed by atoms with Gasteiger partial charge in [-0.2, -0.15) is 0 Å². The number of furan rings is 1. The second kappa shape index (κ2) is 5.84. The lowest BCUT2D eigenvalue weighted by molar-refractivity contribution is 0.304. The number of halogens is 3. The number of rotatable bonds is 4. The van der Waals surface area contributed by atoms with Gasteiger partial charge < -0.3 is 4.42 Å². The number of aryl methyl sites for hydroxylation is 1. The molecule has 102 valence electrons. The molecule has 0 aliphatic rings. The average molecular weight is 330 g/mol. The van der Waals surface area contributed by atoms with Gasteiger partial charge in [-0.25, -0.2) is 8.78 Å². The molecule has 0 aliphatic carbocycles. The Morgan fingerprint density at radius 3 is 2.58 bits per heavy atom. The Kier molecular flexibility index (Phi) is 4.37. The highest BCUT2D eigenvalue weighted by Gasteiger charge is 2.15. The van der Waals surface area contributed by atoms with Gasteiger partial charge >= 0.3 is 0 Å². The van der Waals surface area contributed by atoms with Crippen LogP contribution >= 0.6 is 15.9 Å². The van der Waals surface area contributed by atoms with Crippen molar-refractivity contribution in [2.75, 3.05) is 7.05 Å². The zero-order chi connectivity index (χ0) is 14.0. The average Bonchev–Trinajstić information content (AvgIpc) is 2.76. The van der Waals surface area contributed by atoms with Crippen LogP contribution in [0.25, 0.3) is 0 Å². The fraction of sp³-hybridized carbons (Fsp3) is 0.286. The molecule has 1 heterocycles. The monoisotopic (exact) mass is 329 g/mol. The van der Waals surface area contributed by atoms with E-state index in [9.17, 15) is 8.78 Å². The van der Waals surface area contributed by atoms with Gasteiger partial charge in [0.05, 0.1) is 10.7 Å². The van der Waals surface area contributed by atoms with Gasteiger partial charge in [-0.1, -0.05) is 0 Å². The molecule has 0 bridgehead atoms. The standard InChI is InChI=1S/C14H14BrF2NO/c1-9-10(5-6-19-9)7-18(2)8-11-13(16)4-3-12(15)14(11)17/h3-6H,7-8H2,1-2H3. The summed E-state index contributed by atoms with van der Waals surface area (Å²) in [4.78, 5) is 1.84. The van der Waals surface area contributed by atoms with Crippen molar-refractivity contribution in [3.8, 4) is 0 Å². The van der Waals surface area contributed by atoms with Crippen molar-refractivity contribution in [2.45, 2.75) is 20.0 Å². The SMILES string of the molecule is Cc1occc1CN(C)Cc1c(F)ccc(Br)c1F. The van der Waals surface area contributed by atoms with Gasteiger partial charge in [0.1, 0.15) is 17.4 Å². The Hall–Kier alpha value is -1.20. The normalized spacial score (nSPS) is 11.3. The first kappa shape index (κ1) is 14.2. The minimum Gasteiger partial charge on any atom is -0.469 e. The van der Waals surface area contributed by atoms with Gasteiger partial charge in [0.25, 0.3) is 0 Å². The molecule has 0 radical (unpaired) electrons. The molecule has 2 aromatic rings. The summed E-state index contributed by atoms with van der Waals surface area (Å²) in [6, 6.07) is 4.49. The Bertz CT molecular complexity index is 583. The maximum absolute atomic E-state index is 13.8. The van der Waals surface area contributed by atoms with Crippen molar-refractivity contribution in [1.82, 2.24) is 4.90 Å². The minimum atomic E-state index is -0.546. The maximum Gasteiger partial charge on any atom is 0.144 e. The first-order chi connectivity index (χ1) is 8.99. The number of nitrogens with zero attached hydrogens (tertiary/aromatic N) is 1. The zero-order valence-electron chi connectivity index (χ0n) is 10.7. The van der Waals surface area contributed by atoms with Crippen LogP contribution in [0.1, 0.15) is 16.9 Å². The van der Waals surface area contributed by atoms with Crippen LogP contribution < -0.4 is 0 Å². The summed E-state index contributed by atoms with van der Waals surface area (Å²) in [5.74, 6) is -0.255. The molecule has 0 amide bonds. The molecule has 1 aromatic heterocycles. The van der Waals surface area contributed by atoms with Crippen LogP contribution in [0.4, 0.5) is 8.78 Å². The molecule has 0 unspecified atom stereocenters. The summed E-state index contributed by atoms with van der Waals surface area (Å²) < 4.78 is 33.0. The summed E-state index contributed by atoms with van der Waals surface area (Å²) in [6.07, 6.45) is 1.61. The van der Waals surface area contributed by atoms with Gasteiger partial charge in [0.15, 0.2) is 0 Å². The van der Waals surface area contributed by atoms with E-state index in [0.717, 1.165) is 11.3 Å². The molecule has 5 heteroatoms. The molecule has 2 nitrogen and oxygen atoms in total. The van der Waals surface area contributed by atoms with Crippen molar-refractivity contribution < 1.29 is 13.2 Å². The maximum atomic E-state index is 13.8. The van der Waals surface area contributed by atoms with Crippen LogP contribution in [0.2, 0.25) is 0 Å². The Balaban J connectivity index is 2.13. The van der Waals surface area contributed by atoms with E-state index in [2.05, 4.69) is 15.9 Å². The number of benzene rings is 1. The summed E-state index contributed by atoms with van der Waals surface area (Å²) in [5, 5.41) is 0. The van der Waals surface area contributed by atoms with Gasteiger partial charge in [-0.15, -0.1) is 0 Å². The van der Waals surface area contributed by atoms with Crippen LogP contribution in [-0.2, 0) is 13.1 Å². The van der Waals surface area contributed by atoms with E-state index in [-0.39, 0.29) is 16.6 Å². The summed E-state index contributed by atoms with van der Waals surface area (Å²) >= 11 is 3.07. The molecule has 19 heavy (non-hydrogen) atoms. The van der Waals surface area contributed by atoms with Crippen molar-refractivity contribution in [3.63, 3.8) is 0 Å². The van der Waals surface area contributed by atoms with Gasteiger partial charge in [0.2, 0.25) is 0 Å². The molecule has 0 atom stereocenters. The lowest BCUT2D eigenvalue weighted by Crippen LogP contribution is -2.19. The van der Waals surface area contributed by atoms with E-state index >= 15 is 0 Å². The molecule has 0 aliphatic heterocycles. The highest BCUT2D eigenvalue weighted by atomic mass is 79.9. The van der Waals surface area contributed by atoms with Crippen LogP contribution in [0.3, 0.4) is 0 Å². The van der Waals surface area contributed by atoms with E-state index in [1.165, 1.54) is 12.1 Å². The highest BCUT2D eigenvalue weighted by Crippen LogP contribution is 2.23. The van der Waals surface area contributed by atoms with Crippen molar-refractivity contribution in [3.05, 3.63) is 57.5 Å². The quantitative estimate of drug-likeness (QED) is 0.779. The van der Waals surface area contributed by atoms with E-state index in [4.69, 9.17) is 4.42 Å². The first-order valence-electron chi connectivity index (χ1n) is 5.83. The van der Waals surface area contributed by atoms with Crippen LogP contribution in [-0.4, -0.2) is 11.9 Å². The smallest absolute Gasteiger partial charge is 0.144 e. The predicted octanol–water partition coefficient (Wildman–Crippen LogP) is 4.26. The summed E-state index contributed by atoms with van der Waals surface area (Å²) in [7, 11) is 1.81. The molecule has 2 rings (SSSR count). The van der Waals surface area contributed by atoms with Crippen molar-refractivity contribution >= 4 is 15.9 Å². The lowest BCUT2D eigenvalue weighted by atomic mass is 10.1. The van der Waals surface area contributed by atoms with Crippen LogP contribution in [0, 0.1) is 18.6 Å². The van der Waals surface area contributed by atoms with E-state index in [1.807, 2.05) is 24.9 Å². The molecular formula is C14H14BrF2NO. The summed E-state index contributed by atoms with van der Waals surface area (Å²) in [6.45, 7) is 2.64. The molecule has 0 saturated carbocycles. The highest BCUT2D eigenvalue weighted by molar-refractivity contribution is 9.10. The third-order valence-corrected chi connectivity index (χ3v) is 3.59. The fourth-order valence-corrected chi connectivity index (χ4v) is 2.28. The molecular weight excluding hydrogens is 316 g/mol. The number of hydrogen-bond donors (Lipinski definition) is 0. The number of hydrogen-bond acceptors (Lipinski definition) is 2. The van der Waals surface area contributed by atoms with Gasteiger partial charge in [-0.3, -0.25) is 4.90 Å². The third kappa shape index (κ3) is 3.22. The lowest BCUT2D eigenvalue weighted by Gasteiger charge is -2.17. The Morgan fingerprint density at radius 2 is 1.95 bits per heavy atom. The minimum absolute atomic E-state index is 0.0676. The Labute approximate surface area is 119 Å². The molecule has 0 spiro atoms. The molecule has 0 fully saturated rings. The molecule has 0 saturated heterocycles. The largest absolute Gasteiger partial charge is 0.469 e. The second-order valence-electron chi connectivity index (χ2n) is 4.50. The van der Waals surface area contributed by atoms with E-state index in [0.29, 0.717) is 6.54 Å². The van der Waals surface area contributed by atoms with Crippen molar-refractivity contribution in [1.29, 1.82) is 0 Å². The van der Waals surface area contributed by atoms with Crippen LogP contribution in [0.5, 0.6) is 0 Å². The zero-order valence-corrected chi connectivity index (χ0v) is 12.3. The van der Waals surface area contributed by atoms with Gasteiger partial charge in [0, 0.05) is 24.2 Å². The van der Waals surface area contributed by atoms with Crippen molar-refractivity contribution in [2.24, 2.45) is 0 Å². The van der Waals surface area contributed by atoms with E-state index < -0.39 is 11.6 Å². The second-order valence-corrected chi connectivity index (χ2v) is 5.35. The predicted molar refractivity (Wildman–Crippen MR) is 72.7 cm³/mol. The summed E-state index contributed by atoms with van der Waals surface area (Å²) in [5.41, 5.74) is 1.08.